The van der Waals surface area contributed by atoms with Crippen LogP contribution < -0.4 is 0 Å². The van der Waals surface area contributed by atoms with Gasteiger partial charge in [-0.05, 0) is 12.5 Å². The minimum atomic E-state index is -0.360. The lowest BCUT2D eigenvalue weighted by Gasteiger charge is -2.13. The Morgan fingerprint density at radius 3 is 2.86 bits per heavy atom. The summed E-state index contributed by atoms with van der Waals surface area (Å²) >= 11 is 0. The molecule has 0 bridgehead atoms. The molecule has 3 rings (SSSR count). The van der Waals surface area contributed by atoms with Gasteiger partial charge in [-0.2, -0.15) is 5.10 Å². The first-order chi connectivity index (χ1) is 10.5. The number of amides is 2. The van der Waals surface area contributed by atoms with Crippen molar-refractivity contribution in [2.75, 3.05) is 6.54 Å². The molecule has 2 aromatic heterocycles. The highest BCUT2D eigenvalue weighted by atomic mass is 16.2. The van der Waals surface area contributed by atoms with Crippen molar-refractivity contribution in [3.63, 3.8) is 0 Å². The number of nitrogens with one attached hydrogen (secondary N) is 1. The molecule has 1 aliphatic heterocycles. The molecule has 0 aromatic carbocycles. The molecule has 2 aromatic rings. The lowest BCUT2D eigenvalue weighted by molar-refractivity contribution is 0.0670. The van der Waals surface area contributed by atoms with Crippen LogP contribution in [-0.4, -0.2) is 38.4 Å². The number of nitrogens with zero attached hydrogens (tertiary/aromatic N) is 3. The summed E-state index contributed by atoms with van der Waals surface area (Å²) in [7, 11) is 0. The summed E-state index contributed by atoms with van der Waals surface area (Å²) in [6.07, 6.45) is 6.39. The molecule has 1 N–H and O–H groups in total. The molecule has 0 unspecified atom stereocenters. The average Bonchev–Trinajstić information content (AvgIpc) is 3.05. The Balaban J connectivity index is 1.96. The summed E-state index contributed by atoms with van der Waals surface area (Å²) in [5.74, 6) is -0.707. The van der Waals surface area contributed by atoms with Gasteiger partial charge in [0.05, 0.1) is 29.3 Å². The number of rotatable bonds is 4. The van der Waals surface area contributed by atoms with E-state index in [1.807, 2.05) is 6.92 Å². The monoisotopic (exact) mass is 294 g/mol. The lowest BCUT2D eigenvalue weighted by atomic mass is 10.1. The Morgan fingerprint density at radius 2 is 2.14 bits per heavy atom. The van der Waals surface area contributed by atoms with Crippen LogP contribution in [0.5, 0.6) is 0 Å². The summed E-state index contributed by atoms with van der Waals surface area (Å²) in [6, 6.07) is 0. The molecule has 0 saturated carbocycles. The van der Waals surface area contributed by atoms with Crippen LogP contribution in [0.2, 0.25) is 0 Å². The third-order valence-electron chi connectivity index (χ3n) is 3.53. The third kappa shape index (κ3) is 2.05. The first-order valence-electron chi connectivity index (χ1n) is 6.69. The van der Waals surface area contributed by atoms with E-state index in [9.17, 15) is 9.59 Å². The molecule has 110 valence electrons. The van der Waals surface area contributed by atoms with Gasteiger partial charge >= 0.3 is 0 Å². The van der Waals surface area contributed by atoms with E-state index in [4.69, 9.17) is 0 Å². The van der Waals surface area contributed by atoms with Crippen molar-refractivity contribution in [2.24, 2.45) is 0 Å². The van der Waals surface area contributed by atoms with E-state index in [0.717, 1.165) is 5.57 Å². The van der Waals surface area contributed by atoms with Gasteiger partial charge in [0.25, 0.3) is 11.8 Å². The molecule has 1 aliphatic rings. The van der Waals surface area contributed by atoms with E-state index in [1.54, 1.807) is 12.2 Å². The first-order valence-corrected chi connectivity index (χ1v) is 6.69. The van der Waals surface area contributed by atoms with Crippen molar-refractivity contribution in [2.45, 2.75) is 6.92 Å². The van der Waals surface area contributed by atoms with Crippen molar-refractivity contribution in [1.29, 1.82) is 0 Å². The lowest BCUT2D eigenvalue weighted by Crippen LogP contribution is -2.31. The zero-order valence-electron chi connectivity index (χ0n) is 12.1. The zero-order chi connectivity index (χ0) is 15.9. The molecular weight excluding hydrogens is 280 g/mol. The maximum Gasteiger partial charge on any atom is 0.263 e. The van der Waals surface area contributed by atoms with Gasteiger partial charge in [-0.3, -0.25) is 19.6 Å². The number of imide groups is 1. The number of aromatic amines is 1. The van der Waals surface area contributed by atoms with E-state index < -0.39 is 0 Å². The van der Waals surface area contributed by atoms with Gasteiger partial charge in [0, 0.05) is 6.20 Å². The van der Waals surface area contributed by atoms with Gasteiger partial charge in [0.2, 0.25) is 0 Å². The minimum absolute atomic E-state index is 0.136. The highest BCUT2D eigenvalue weighted by Gasteiger charge is 2.37. The van der Waals surface area contributed by atoms with Gasteiger partial charge in [-0.15, -0.1) is 0 Å². The number of H-pyrrole nitrogens is 1. The molecule has 22 heavy (non-hydrogen) atoms. The fourth-order valence-electron chi connectivity index (χ4n) is 2.44. The van der Waals surface area contributed by atoms with Gasteiger partial charge in [0.1, 0.15) is 0 Å². The number of carbonyl (C=O) groups is 2. The number of hydrogen-bond acceptors (Lipinski definition) is 4. The van der Waals surface area contributed by atoms with Crippen LogP contribution in [0.4, 0.5) is 0 Å². The van der Waals surface area contributed by atoms with E-state index in [1.165, 1.54) is 17.3 Å². The molecule has 0 spiro atoms. The van der Waals surface area contributed by atoms with Crippen LogP contribution in [-0.2, 0) is 0 Å². The van der Waals surface area contributed by atoms with E-state index in [2.05, 4.69) is 28.3 Å². The molecule has 0 atom stereocenters. The van der Waals surface area contributed by atoms with Crippen LogP contribution in [0.3, 0.4) is 0 Å². The van der Waals surface area contributed by atoms with Crippen molar-refractivity contribution < 1.29 is 9.59 Å². The average molecular weight is 294 g/mol. The zero-order valence-corrected chi connectivity index (χ0v) is 12.1. The standard InChI is InChI=1S/C16H14N4O2/c1-4-9(2)5-10(3)8-20-15(21)12-6-17-14-11(7-18-19-14)13(12)16(20)22/h4-7H,1,3,8H2,2H3,(H,17,18,19)/b9-5-. The topological polar surface area (TPSA) is 79.0 Å². The second kappa shape index (κ2) is 5.07. The summed E-state index contributed by atoms with van der Waals surface area (Å²) < 4.78 is 0. The minimum Gasteiger partial charge on any atom is -0.270 e. The summed E-state index contributed by atoms with van der Waals surface area (Å²) in [5.41, 5.74) is 2.71. The number of fused-ring (bicyclic) bond motifs is 3. The Bertz CT molecular complexity index is 860. The third-order valence-corrected chi connectivity index (χ3v) is 3.53. The molecule has 3 heterocycles. The van der Waals surface area contributed by atoms with E-state index >= 15 is 0 Å². The normalized spacial score (nSPS) is 14.6. The molecule has 2 amide bonds. The Morgan fingerprint density at radius 1 is 1.36 bits per heavy atom. The SMILES string of the molecule is C=C/C(C)=C\C(=C)CN1C(=O)c2cnc3[nH]ncc3c2C1=O. The predicted molar refractivity (Wildman–Crippen MR) is 82.3 cm³/mol. The van der Waals surface area contributed by atoms with Crippen molar-refractivity contribution >= 4 is 22.8 Å². The fourth-order valence-corrected chi connectivity index (χ4v) is 2.44. The Labute approximate surface area is 126 Å². The van der Waals surface area contributed by atoms with Crippen molar-refractivity contribution in [3.8, 4) is 0 Å². The molecule has 6 nitrogen and oxygen atoms in total. The fraction of sp³-hybridized carbons (Fsp3) is 0.125. The van der Waals surface area contributed by atoms with Crippen molar-refractivity contribution in [3.05, 3.63) is 60.0 Å². The van der Waals surface area contributed by atoms with E-state index in [0.29, 0.717) is 27.7 Å². The van der Waals surface area contributed by atoms with Crippen LogP contribution >= 0.6 is 0 Å². The summed E-state index contributed by atoms with van der Waals surface area (Å²) in [4.78, 5) is 30.3. The number of hydrogen-bond donors (Lipinski definition) is 1. The van der Waals surface area contributed by atoms with Crippen LogP contribution in [0, 0.1) is 0 Å². The molecule has 0 radical (unpaired) electrons. The summed E-state index contributed by atoms with van der Waals surface area (Å²) in [5, 5.41) is 7.12. The Kier molecular flexibility index (Phi) is 3.21. The van der Waals surface area contributed by atoms with Crippen molar-refractivity contribution in [1.82, 2.24) is 20.1 Å². The summed E-state index contributed by atoms with van der Waals surface area (Å²) in [6.45, 7) is 9.56. The largest absolute Gasteiger partial charge is 0.270 e. The maximum absolute atomic E-state index is 12.6. The van der Waals surface area contributed by atoms with Gasteiger partial charge in [0.15, 0.2) is 5.65 Å². The highest BCUT2D eigenvalue weighted by molar-refractivity contribution is 6.25. The van der Waals surface area contributed by atoms with Crippen LogP contribution in [0.25, 0.3) is 11.0 Å². The first kappa shape index (κ1) is 13.9. The second-order valence-corrected chi connectivity index (χ2v) is 5.13. The Hall–Kier alpha value is -3.02. The van der Waals surface area contributed by atoms with Gasteiger partial charge in [-0.1, -0.05) is 30.9 Å². The van der Waals surface area contributed by atoms with E-state index in [-0.39, 0.29) is 18.4 Å². The van der Waals surface area contributed by atoms with Crippen LogP contribution in [0.15, 0.2) is 48.8 Å². The molecule has 0 aliphatic carbocycles. The van der Waals surface area contributed by atoms with Crippen LogP contribution in [0.1, 0.15) is 27.6 Å². The number of aromatic nitrogens is 3. The molecular formula is C16H14N4O2. The predicted octanol–water partition coefficient (Wildman–Crippen LogP) is 2.24. The highest BCUT2D eigenvalue weighted by Crippen LogP contribution is 2.28. The smallest absolute Gasteiger partial charge is 0.263 e. The number of carbonyl (C=O) groups excluding carboxylic acids is 2. The van der Waals surface area contributed by atoms with Gasteiger partial charge < -0.3 is 0 Å². The number of pyridine rings is 1. The molecule has 0 saturated heterocycles. The second-order valence-electron chi connectivity index (χ2n) is 5.13. The van der Waals surface area contributed by atoms with Gasteiger partial charge in [-0.25, -0.2) is 4.98 Å². The number of allylic oxidation sites excluding steroid dienone is 2. The molecule has 0 fully saturated rings. The maximum atomic E-state index is 12.6. The molecule has 6 heteroatoms. The quantitative estimate of drug-likeness (QED) is 0.693.